The van der Waals surface area contributed by atoms with E-state index >= 15 is 0 Å². The zero-order valence-electron chi connectivity index (χ0n) is 19.7. The minimum absolute atomic E-state index is 0.0103. The molecule has 2 aromatic carbocycles. The topological polar surface area (TPSA) is 109 Å². The first-order valence-electron chi connectivity index (χ1n) is 11.3. The molecule has 0 atom stereocenters. The molecule has 3 N–H and O–H groups in total. The first kappa shape index (κ1) is 23.9. The molecule has 180 valence electrons. The highest BCUT2D eigenvalue weighted by molar-refractivity contribution is 6.00. The average molecular weight is 475 g/mol. The number of carbonyl (C=O) groups excluding carboxylic acids is 1. The zero-order chi connectivity index (χ0) is 24.8. The maximum atomic E-state index is 14.4. The fourth-order valence-corrected chi connectivity index (χ4v) is 3.83. The van der Waals surface area contributed by atoms with Crippen LogP contribution in [0.25, 0.3) is 0 Å². The molecule has 9 nitrogen and oxygen atoms in total. The smallest absolute Gasteiger partial charge is 0.253 e. The third kappa shape index (κ3) is 5.83. The van der Waals surface area contributed by atoms with E-state index in [0.717, 1.165) is 43.6 Å². The van der Waals surface area contributed by atoms with Gasteiger partial charge in [0.25, 0.3) is 5.91 Å². The van der Waals surface area contributed by atoms with Gasteiger partial charge in [-0.15, -0.1) is 0 Å². The summed E-state index contributed by atoms with van der Waals surface area (Å²) >= 11 is 0. The number of nitrogens with zero attached hydrogens (tertiary/aromatic N) is 5. The Morgan fingerprint density at radius 3 is 2.49 bits per heavy atom. The zero-order valence-corrected chi connectivity index (χ0v) is 19.7. The van der Waals surface area contributed by atoms with E-state index in [4.69, 9.17) is 5.26 Å². The number of nitriles is 1. The molecule has 35 heavy (non-hydrogen) atoms. The minimum Gasteiger partial charge on any atom is -0.368 e. The quantitative estimate of drug-likeness (QED) is 0.479. The van der Waals surface area contributed by atoms with Gasteiger partial charge in [-0.3, -0.25) is 4.79 Å². The Morgan fingerprint density at radius 2 is 1.80 bits per heavy atom. The van der Waals surface area contributed by atoms with Crippen LogP contribution in [-0.4, -0.2) is 61.0 Å². The SMILES string of the molecule is CNC(=O)c1cc(Nc2ncc(F)c(Nc3ccc(CC#N)cc3)n2)ccc1N1CCN(C)CC1. The van der Waals surface area contributed by atoms with Crippen LogP contribution in [0, 0.1) is 17.1 Å². The summed E-state index contributed by atoms with van der Waals surface area (Å²) in [5.41, 5.74) is 3.52. The van der Waals surface area contributed by atoms with Crippen molar-refractivity contribution < 1.29 is 9.18 Å². The third-order valence-corrected chi connectivity index (χ3v) is 5.81. The number of hydrogen-bond donors (Lipinski definition) is 3. The van der Waals surface area contributed by atoms with Gasteiger partial charge < -0.3 is 25.8 Å². The number of nitrogens with one attached hydrogen (secondary N) is 3. The lowest BCUT2D eigenvalue weighted by Crippen LogP contribution is -2.45. The van der Waals surface area contributed by atoms with Crippen molar-refractivity contribution >= 4 is 34.7 Å². The highest BCUT2D eigenvalue weighted by atomic mass is 19.1. The molecule has 1 aliphatic rings. The number of halogens is 1. The van der Waals surface area contributed by atoms with Crippen LogP contribution >= 0.6 is 0 Å². The van der Waals surface area contributed by atoms with Crippen molar-refractivity contribution in [2.75, 3.05) is 55.8 Å². The summed E-state index contributed by atoms with van der Waals surface area (Å²) in [6.45, 7) is 3.52. The average Bonchev–Trinajstić information content (AvgIpc) is 2.87. The van der Waals surface area contributed by atoms with Gasteiger partial charge in [-0.2, -0.15) is 10.2 Å². The van der Waals surface area contributed by atoms with E-state index in [1.165, 1.54) is 0 Å². The number of rotatable bonds is 7. The molecule has 1 amide bonds. The Hall–Kier alpha value is -4.23. The Bertz CT molecular complexity index is 1230. The summed E-state index contributed by atoms with van der Waals surface area (Å²) in [5, 5.41) is 17.5. The van der Waals surface area contributed by atoms with Gasteiger partial charge in [0.2, 0.25) is 5.95 Å². The Kier molecular flexibility index (Phi) is 7.38. The van der Waals surface area contributed by atoms with Crippen LogP contribution < -0.4 is 20.9 Å². The molecule has 1 aliphatic heterocycles. The summed E-state index contributed by atoms with van der Waals surface area (Å²) in [6.07, 6.45) is 1.39. The highest BCUT2D eigenvalue weighted by Gasteiger charge is 2.20. The second kappa shape index (κ2) is 10.8. The van der Waals surface area contributed by atoms with Crippen molar-refractivity contribution in [1.82, 2.24) is 20.2 Å². The molecule has 1 saturated heterocycles. The monoisotopic (exact) mass is 474 g/mol. The van der Waals surface area contributed by atoms with E-state index in [-0.39, 0.29) is 17.7 Å². The second-order valence-electron chi connectivity index (χ2n) is 8.27. The van der Waals surface area contributed by atoms with Crippen LogP contribution in [0.15, 0.2) is 48.7 Å². The number of carbonyl (C=O) groups is 1. The van der Waals surface area contributed by atoms with Crippen molar-refractivity contribution in [2.24, 2.45) is 0 Å². The minimum atomic E-state index is -0.604. The lowest BCUT2D eigenvalue weighted by Gasteiger charge is -2.35. The van der Waals surface area contributed by atoms with Crippen LogP contribution in [0.5, 0.6) is 0 Å². The number of anilines is 5. The molecule has 4 rings (SSSR count). The van der Waals surface area contributed by atoms with Crippen molar-refractivity contribution in [3.05, 3.63) is 65.6 Å². The summed E-state index contributed by atoms with van der Waals surface area (Å²) in [6, 6.07) is 14.7. The summed E-state index contributed by atoms with van der Waals surface area (Å²) in [5.74, 6) is -0.598. The highest BCUT2D eigenvalue weighted by Crippen LogP contribution is 2.27. The first-order valence-corrected chi connectivity index (χ1v) is 11.3. The van der Waals surface area contributed by atoms with E-state index in [9.17, 15) is 9.18 Å². The van der Waals surface area contributed by atoms with E-state index in [1.54, 1.807) is 37.4 Å². The molecular weight excluding hydrogens is 447 g/mol. The molecular formula is C25H27FN8O. The molecule has 0 aliphatic carbocycles. The van der Waals surface area contributed by atoms with Gasteiger partial charge in [0.1, 0.15) is 0 Å². The molecule has 10 heteroatoms. The summed E-state index contributed by atoms with van der Waals surface area (Å²) in [7, 11) is 3.68. The maximum Gasteiger partial charge on any atom is 0.253 e. The molecule has 0 saturated carbocycles. The molecule has 1 aromatic heterocycles. The molecule has 3 aromatic rings. The van der Waals surface area contributed by atoms with Crippen LogP contribution in [0.2, 0.25) is 0 Å². The van der Waals surface area contributed by atoms with Gasteiger partial charge in [0, 0.05) is 50.3 Å². The van der Waals surface area contributed by atoms with E-state index in [1.807, 2.05) is 12.1 Å². The van der Waals surface area contributed by atoms with E-state index in [2.05, 4.69) is 48.8 Å². The van der Waals surface area contributed by atoms with Crippen LogP contribution in [0.4, 0.5) is 33.2 Å². The fourth-order valence-electron chi connectivity index (χ4n) is 3.83. The number of benzene rings is 2. The number of amides is 1. The second-order valence-corrected chi connectivity index (χ2v) is 8.27. The normalized spacial score (nSPS) is 13.7. The van der Waals surface area contributed by atoms with Crippen molar-refractivity contribution in [1.29, 1.82) is 5.26 Å². The third-order valence-electron chi connectivity index (χ3n) is 5.81. The molecule has 0 radical (unpaired) electrons. The molecule has 0 spiro atoms. The summed E-state index contributed by atoms with van der Waals surface area (Å²) < 4.78 is 14.4. The molecule has 0 unspecified atom stereocenters. The van der Waals surface area contributed by atoms with Gasteiger partial charge >= 0.3 is 0 Å². The Morgan fingerprint density at radius 1 is 1.09 bits per heavy atom. The fraction of sp³-hybridized carbons (Fsp3) is 0.280. The number of likely N-dealkylation sites (N-methyl/N-ethyl adjacent to an activating group) is 1. The predicted molar refractivity (Wildman–Crippen MR) is 134 cm³/mol. The van der Waals surface area contributed by atoms with Crippen LogP contribution in [0.3, 0.4) is 0 Å². The number of aromatic nitrogens is 2. The van der Waals surface area contributed by atoms with Gasteiger partial charge in [-0.1, -0.05) is 12.1 Å². The van der Waals surface area contributed by atoms with Gasteiger partial charge in [-0.05, 0) is 42.9 Å². The van der Waals surface area contributed by atoms with Crippen molar-refractivity contribution in [3.8, 4) is 6.07 Å². The molecule has 1 fully saturated rings. The molecule has 2 heterocycles. The first-order chi connectivity index (χ1) is 17.0. The summed E-state index contributed by atoms with van der Waals surface area (Å²) in [4.78, 5) is 25.4. The largest absolute Gasteiger partial charge is 0.368 e. The predicted octanol–water partition coefficient (Wildman–Crippen LogP) is 3.28. The van der Waals surface area contributed by atoms with Crippen molar-refractivity contribution in [2.45, 2.75) is 6.42 Å². The Balaban J connectivity index is 1.54. The van der Waals surface area contributed by atoms with Crippen LogP contribution in [-0.2, 0) is 6.42 Å². The maximum absolute atomic E-state index is 14.4. The van der Waals surface area contributed by atoms with E-state index < -0.39 is 5.82 Å². The van der Waals surface area contributed by atoms with Crippen molar-refractivity contribution in [3.63, 3.8) is 0 Å². The number of piperazine rings is 1. The van der Waals surface area contributed by atoms with Gasteiger partial charge in [0.15, 0.2) is 11.6 Å². The lowest BCUT2D eigenvalue weighted by molar-refractivity contribution is 0.0963. The standard InChI is InChI=1S/C25H27FN8O/c1-28-24(35)20-15-19(7-8-22(20)34-13-11-33(2)12-14-34)31-25-29-16-21(26)23(32-25)30-18-5-3-17(4-6-18)9-10-27/h3-8,15-16H,9,11-14H2,1-2H3,(H,28,35)(H2,29,30,31,32). The number of hydrogen-bond acceptors (Lipinski definition) is 8. The van der Waals surface area contributed by atoms with Gasteiger partial charge in [-0.25, -0.2) is 9.37 Å². The van der Waals surface area contributed by atoms with E-state index in [0.29, 0.717) is 23.4 Å². The van der Waals surface area contributed by atoms with Gasteiger partial charge in [0.05, 0.1) is 24.3 Å². The Labute approximate surface area is 203 Å². The molecule has 0 bridgehead atoms. The lowest BCUT2D eigenvalue weighted by atomic mass is 10.1. The van der Waals surface area contributed by atoms with Crippen LogP contribution in [0.1, 0.15) is 15.9 Å².